The third-order valence-corrected chi connectivity index (χ3v) is 2.58. The van der Waals surface area contributed by atoms with Gasteiger partial charge in [0.25, 0.3) is 5.91 Å². The minimum atomic E-state index is -0.715. The molecule has 1 rings (SSSR count). The molecule has 6 heteroatoms. The first kappa shape index (κ1) is 15.0. The van der Waals surface area contributed by atoms with Crippen molar-refractivity contribution < 1.29 is 14.3 Å². The van der Waals surface area contributed by atoms with Gasteiger partial charge < -0.3 is 10.1 Å². The maximum Gasteiger partial charge on any atom is 0.408 e. The molecule has 1 aromatic carbocycles. The van der Waals surface area contributed by atoms with Gasteiger partial charge in [0.2, 0.25) is 0 Å². The Morgan fingerprint density at radius 3 is 2.42 bits per heavy atom. The van der Waals surface area contributed by atoms with E-state index in [-0.39, 0.29) is 12.5 Å². The van der Waals surface area contributed by atoms with Gasteiger partial charge in [0.1, 0.15) is 12.6 Å². The first-order valence-electron chi connectivity index (χ1n) is 6.02. The summed E-state index contributed by atoms with van der Waals surface area (Å²) in [6, 6.07) is 8.57. The predicted molar refractivity (Wildman–Crippen MR) is 70.7 cm³/mol. The number of carbonyl (C=O) groups excluding carboxylic acids is 2. The average Bonchev–Trinajstić information content (AvgIpc) is 2.42. The van der Waals surface area contributed by atoms with Crippen molar-refractivity contribution in [2.24, 2.45) is 11.8 Å². The highest BCUT2D eigenvalue weighted by Gasteiger charge is 2.23. The van der Waals surface area contributed by atoms with E-state index in [1.807, 2.05) is 35.8 Å². The molecule has 6 nitrogen and oxygen atoms in total. The number of benzene rings is 1. The zero-order valence-corrected chi connectivity index (χ0v) is 11.1. The van der Waals surface area contributed by atoms with Crippen molar-refractivity contribution in [3.8, 4) is 0 Å². The van der Waals surface area contributed by atoms with Crippen LogP contribution in [0.5, 0.6) is 0 Å². The Hall–Kier alpha value is -2.08. The summed E-state index contributed by atoms with van der Waals surface area (Å²) in [5, 5.41) is 2.48. The minimum absolute atomic E-state index is 0.0900. The zero-order chi connectivity index (χ0) is 14.3. The Morgan fingerprint density at radius 2 is 1.89 bits per heavy atom. The van der Waals surface area contributed by atoms with E-state index >= 15 is 0 Å². The van der Waals surface area contributed by atoms with E-state index < -0.39 is 18.0 Å². The SMILES string of the molecule is CC(C)[C@H](NC(=O)OCc1ccccc1)C(=O)NN. The molecule has 19 heavy (non-hydrogen) atoms. The zero-order valence-electron chi connectivity index (χ0n) is 11.1. The molecular formula is C13H19N3O3. The Morgan fingerprint density at radius 1 is 1.26 bits per heavy atom. The fourth-order valence-electron chi connectivity index (χ4n) is 1.52. The van der Waals surface area contributed by atoms with Gasteiger partial charge in [-0.05, 0) is 11.5 Å². The fourth-order valence-corrected chi connectivity index (χ4v) is 1.52. The molecule has 0 unspecified atom stereocenters. The highest BCUT2D eigenvalue weighted by Crippen LogP contribution is 2.04. The summed E-state index contributed by atoms with van der Waals surface area (Å²) in [5.41, 5.74) is 2.89. The van der Waals surface area contributed by atoms with Gasteiger partial charge in [-0.1, -0.05) is 44.2 Å². The third-order valence-electron chi connectivity index (χ3n) is 2.58. The summed E-state index contributed by atoms with van der Waals surface area (Å²) in [6.07, 6.45) is -0.647. The quantitative estimate of drug-likeness (QED) is 0.419. The number of carbonyl (C=O) groups is 2. The van der Waals surface area contributed by atoms with Crippen LogP contribution in [0.4, 0.5) is 4.79 Å². The highest BCUT2D eigenvalue weighted by atomic mass is 16.5. The maximum atomic E-state index is 11.6. The lowest BCUT2D eigenvalue weighted by Crippen LogP contribution is -2.51. The van der Waals surface area contributed by atoms with Gasteiger partial charge in [0.15, 0.2) is 0 Å². The van der Waals surface area contributed by atoms with Gasteiger partial charge in [-0.3, -0.25) is 10.2 Å². The van der Waals surface area contributed by atoms with Gasteiger partial charge in [0.05, 0.1) is 0 Å². The van der Waals surface area contributed by atoms with Crippen LogP contribution >= 0.6 is 0 Å². The number of ether oxygens (including phenoxy) is 1. The van der Waals surface area contributed by atoms with Gasteiger partial charge >= 0.3 is 6.09 Å². The molecule has 0 radical (unpaired) electrons. The molecule has 0 heterocycles. The van der Waals surface area contributed by atoms with Gasteiger partial charge in [0, 0.05) is 0 Å². The minimum Gasteiger partial charge on any atom is -0.445 e. The summed E-state index contributed by atoms with van der Waals surface area (Å²) < 4.78 is 5.03. The normalized spacial score (nSPS) is 11.8. The van der Waals surface area contributed by atoms with Crippen molar-refractivity contribution >= 4 is 12.0 Å². The van der Waals surface area contributed by atoms with Crippen LogP contribution in [0.15, 0.2) is 30.3 Å². The van der Waals surface area contributed by atoms with E-state index in [9.17, 15) is 9.59 Å². The topological polar surface area (TPSA) is 93.4 Å². The van der Waals surface area contributed by atoms with Crippen LogP contribution in [0.1, 0.15) is 19.4 Å². The molecule has 0 aliphatic heterocycles. The Kier molecular flexibility index (Phi) is 5.81. The summed E-state index contributed by atoms with van der Waals surface area (Å²) in [6.45, 7) is 3.76. The number of hydrazine groups is 1. The molecule has 0 fully saturated rings. The molecule has 1 aromatic rings. The van der Waals surface area contributed by atoms with Crippen molar-refractivity contribution in [2.75, 3.05) is 0 Å². The van der Waals surface area contributed by atoms with Crippen LogP contribution in [0.25, 0.3) is 0 Å². The average molecular weight is 265 g/mol. The Balaban J connectivity index is 2.47. The van der Waals surface area contributed by atoms with Crippen LogP contribution in [0.3, 0.4) is 0 Å². The molecule has 104 valence electrons. The molecule has 0 aliphatic rings. The number of rotatable bonds is 5. The first-order chi connectivity index (χ1) is 9.04. The maximum absolute atomic E-state index is 11.6. The molecule has 4 N–H and O–H groups in total. The van der Waals surface area contributed by atoms with E-state index in [1.54, 1.807) is 13.8 Å². The van der Waals surface area contributed by atoms with Crippen LogP contribution in [0.2, 0.25) is 0 Å². The summed E-state index contributed by atoms with van der Waals surface area (Å²) in [7, 11) is 0. The molecule has 0 saturated carbocycles. The van der Waals surface area contributed by atoms with Crippen molar-refractivity contribution in [3.05, 3.63) is 35.9 Å². The first-order valence-corrected chi connectivity index (χ1v) is 6.02. The van der Waals surface area contributed by atoms with Gasteiger partial charge in [-0.15, -0.1) is 0 Å². The highest BCUT2D eigenvalue weighted by molar-refractivity contribution is 5.85. The molecule has 0 saturated heterocycles. The van der Waals surface area contributed by atoms with Gasteiger partial charge in [-0.25, -0.2) is 10.6 Å². The molecular weight excluding hydrogens is 246 g/mol. The second kappa shape index (κ2) is 7.38. The Labute approximate surface area is 112 Å². The third kappa shape index (κ3) is 4.97. The van der Waals surface area contributed by atoms with Crippen LogP contribution in [-0.2, 0) is 16.1 Å². The van der Waals surface area contributed by atoms with E-state index in [0.29, 0.717) is 0 Å². The number of alkyl carbamates (subject to hydrolysis) is 1. The van der Waals surface area contributed by atoms with Crippen molar-refractivity contribution in [1.29, 1.82) is 0 Å². The fraction of sp³-hybridized carbons (Fsp3) is 0.385. The summed E-state index contributed by atoms with van der Waals surface area (Å²) in [4.78, 5) is 23.1. The predicted octanol–water partition coefficient (Wildman–Crippen LogP) is 0.927. The van der Waals surface area contributed by atoms with Gasteiger partial charge in [-0.2, -0.15) is 0 Å². The molecule has 0 aromatic heterocycles. The number of nitrogens with one attached hydrogen (secondary N) is 2. The van der Waals surface area contributed by atoms with Crippen LogP contribution < -0.4 is 16.6 Å². The van der Waals surface area contributed by atoms with E-state index in [2.05, 4.69) is 5.32 Å². The largest absolute Gasteiger partial charge is 0.445 e. The van der Waals surface area contributed by atoms with E-state index in [1.165, 1.54) is 0 Å². The Bertz CT molecular complexity index is 420. The number of amides is 2. The number of nitrogens with two attached hydrogens (primary N) is 1. The standard InChI is InChI=1S/C13H19N3O3/c1-9(2)11(12(17)16-14)15-13(18)19-8-10-6-4-3-5-7-10/h3-7,9,11H,8,14H2,1-2H3,(H,15,18)(H,16,17)/t11-/m0/s1. The number of hydrogen-bond acceptors (Lipinski definition) is 4. The van der Waals surface area contributed by atoms with Crippen molar-refractivity contribution in [2.45, 2.75) is 26.5 Å². The summed E-state index contributed by atoms with van der Waals surface area (Å²) in [5.74, 6) is 4.52. The number of hydrogen-bond donors (Lipinski definition) is 3. The lowest BCUT2D eigenvalue weighted by Gasteiger charge is -2.20. The molecule has 0 aliphatic carbocycles. The second-order valence-electron chi connectivity index (χ2n) is 4.44. The van der Waals surface area contributed by atoms with Crippen molar-refractivity contribution in [3.63, 3.8) is 0 Å². The monoisotopic (exact) mass is 265 g/mol. The van der Waals surface area contributed by atoms with Crippen LogP contribution in [-0.4, -0.2) is 18.0 Å². The lowest BCUT2D eigenvalue weighted by molar-refractivity contribution is -0.124. The smallest absolute Gasteiger partial charge is 0.408 e. The molecule has 0 bridgehead atoms. The van der Waals surface area contributed by atoms with Crippen molar-refractivity contribution in [1.82, 2.24) is 10.7 Å². The summed E-state index contributed by atoms with van der Waals surface area (Å²) >= 11 is 0. The lowest BCUT2D eigenvalue weighted by atomic mass is 10.0. The molecule has 2 amide bonds. The second-order valence-corrected chi connectivity index (χ2v) is 4.44. The van der Waals surface area contributed by atoms with Crippen LogP contribution in [0, 0.1) is 5.92 Å². The molecule has 1 atom stereocenters. The van der Waals surface area contributed by atoms with E-state index in [0.717, 1.165) is 5.56 Å². The van der Waals surface area contributed by atoms with E-state index in [4.69, 9.17) is 10.6 Å². The molecule has 0 spiro atoms.